The Morgan fingerprint density at radius 2 is 2.07 bits per heavy atom. The lowest BCUT2D eigenvalue weighted by Gasteiger charge is -2.32. The second-order valence-electron chi connectivity index (χ2n) is 5.34. The molecule has 0 spiro atoms. The van der Waals surface area contributed by atoms with Crippen molar-refractivity contribution in [1.29, 1.82) is 0 Å². The first-order valence-electron chi connectivity index (χ1n) is 6.31. The molecule has 1 aliphatic carbocycles. The average Bonchev–Trinajstić information content (AvgIpc) is 2.49. The summed E-state index contributed by atoms with van der Waals surface area (Å²) < 4.78 is 5.65. The third-order valence-corrected chi connectivity index (χ3v) is 3.67. The van der Waals surface area contributed by atoms with E-state index in [2.05, 4.69) is 11.8 Å². The molecule has 1 saturated carbocycles. The summed E-state index contributed by atoms with van der Waals surface area (Å²) in [5.74, 6) is 0. The summed E-state index contributed by atoms with van der Waals surface area (Å²) >= 11 is 0. The number of rotatable bonds is 2. The van der Waals surface area contributed by atoms with Gasteiger partial charge in [0, 0.05) is 31.8 Å². The van der Waals surface area contributed by atoms with Gasteiger partial charge in [0.15, 0.2) is 0 Å². The number of nitrogens with zero attached hydrogens (tertiary/aromatic N) is 1. The van der Waals surface area contributed by atoms with E-state index in [9.17, 15) is 0 Å². The summed E-state index contributed by atoms with van der Waals surface area (Å²) in [5, 5.41) is 0. The molecule has 0 aromatic heterocycles. The minimum absolute atomic E-state index is 0.101. The van der Waals surface area contributed by atoms with Crippen LogP contribution in [0.2, 0.25) is 0 Å². The van der Waals surface area contributed by atoms with E-state index in [-0.39, 0.29) is 5.54 Å². The van der Waals surface area contributed by atoms with Crippen LogP contribution in [0, 0.1) is 0 Å². The minimum atomic E-state index is 0.101. The molecule has 2 fully saturated rings. The van der Waals surface area contributed by atoms with Crippen LogP contribution in [0.15, 0.2) is 0 Å². The first kappa shape index (κ1) is 11.4. The molecule has 3 nitrogen and oxygen atoms in total. The van der Waals surface area contributed by atoms with Gasteiger partial charge in [0.2, 0.25) is 0 Å². The Labute approximate surface area is 93.0 Å². The van der Waals surface area contributed by atoms with Crippen LogP contribution in [0.3, 0.4) is 0 Å². The lowest BCUT2D eigenvalue weighted by molar-refractivity contribution is 0.0645. The third-order valence-electron chi connectivity index (χ3n) is 3.67. The van der Waals surface area contributed by atoms with E-state index in [1.165, 1.54) is 25.7 Å². The number of hydrogen-bond acceptors (Lipinski definition) is 3. The fourth-order valence-electron chi connectivity index (χ4n) is 2.91. The van der Waals surface area contributed by atoms with Crippen LogP contribution in [0.1, 0.15) is 39.0 Å². The van der Waals surface area contributed by atoms with Crippen molar-refractivity contribution in [1.82, 2.24) is 4.90 Å². The van der Waals surface area contributed by atoms with Crippen molar-refractivity contribution in [2.75, 3.05) is 26.2 Å². The summed E-state index contributed by atoms with van der Waals surface area (Å²) in [7, 11) is 0. The molecule has 88 valence electrons. The van der Waals surface area contributed by atoms with Gasteiger partial charge >= 0.3 is 0 Å². The van der Waals surface area contributed by atoms with Crippen molar-refractivity contribution >= 4 is 0 Å². The molecule has 2 N–H and O–H groups in total. The molecular formula is C12H24N2O. The van der Waals surface area contributed by atoms with Crippen LogP contribution < -0.4 is 5.73 Å². The second-order valence-corrected chi connectivity index (χ2v) is 5.34. The fourth-order valence-corrected chi connectivity index (χ4v) is 2.91. The van der Waals surface area contributed by atoms with E-state index >= 15 is 0 Å². The van der Waals surface area contributed by atoms with E-state index in [1.807, 2.05) is 0 Å². The molecule has 0 aromatic rings. The highest BCUT2D eigenvalue weighted by molar-refractivity contribution is 4.92. The first-order valence-corrected chi connectivity index (χ1v) is 6.31. The Morgan fingerprint density at radius 1 is 1.33 bits per heavy atom. The molecule has 2 rings (SSSR count). The minimum Gasteiger partial charge on any atom is -0.377 e. The predicted molar refractivity (Wildman–Crippen MR) is 61.9 cm³/mol. The number of ether oxygens (including phenoxy) is 1. The maximum Gasteiger partial charge on any atom is 0.0673 e. The molecular weight excluding hydrogens is 188 g/mol. The lowest BCUT2D eigenvalue weighted by atomic mass is 9.98. The molecule has 0 bridgehead atoms. The molecule has 3 heteroatoms. The van der Waals surface area contributed by atoms with Gasteiger partial charge in [-0.2, -0.15) is 0 Å². The first-order chi connectivity index (χ1) is 7.18. The zero-order valence-corrected chi connectivity index (χ0v) is 9.87. The summed E-state index contributed by atoms with van der Waals surface area (Å²) in [6.07, 6.45) is 6.57. The Bertz CT molecular complexity index is 202. The van der Waals surface area contributed by atoms with Gasteiger partial charge in [-0.25, -0.2) is 0 Å². The number of nitrogens with two attached hydrogens (primary N) is 1. The Balaban J connectivity index is 1.86. The fraction of sp³-hybridized carbons (Fsp3) is 1.00. The second kappa shape index (κ2) is 4.81. The molecule has 15 heavy (non-hydrogen) atoms. The van der Waals surface area contributed by atoms with Crippen molar-refractivity contribution in [3.8, 4) is 0 Å². The third kappa shape index (κ3) is 3.16. The van der Waals surface area contributed by atoms with Gasteiger partial charge in [0.25, 0.3) is 0 Å². The summed E-state index contributed by atoms with van der Waals surface area (Å²) in [5.41, 5.74) is 6.51. The van der Waals surface area contributed by atoms with Crippen LogP contribution >= 0.6 is 0 Å². The van der Waals surface area contributed by atoms with Crippen molar-refractivity contribution < 1.29 is 4.74 Å². The standard InChI is InChI=1S/C12H24N2O/c1-11-9-14(7-4-8-15-11)10-12(13)5-2-3-6-12/h11H,2-10,13H2,1H3. The van der Waals surface area contributed by atoms with Crippen molar-refractivity contribution in [2.24, 2.45) is 5.73 Å². The van der Waals surface area contributed by atoms with Gasteiger partial charge in [0.05, 0.1) is 6.10 Å². The van der Waals surface area contributed by atoms with Gasteiger partial charge < -0.3 is 10.5 Å². The van der Waals surface area contributed by atoms with Gasteiger partial charge in [0.1, 0.15) is 0 Å². The summed E-state index contributed by atoms with van der Waals surface area (Å²) in [4.78, 5) is 2.50. The van der Waals surface area contributed by atoms with E-state index in [4.69, 9.17) is 10.5 Å². The van der Waals surface area contributed by atoms with Crippen molar-refractivity contribution in [3.05, 3.63) is 0 Å². The molecule has 1 heterocycles. The highest BCUT2D eigenvalue weighted by Gasteiger charge is 2.32. The lowest BCUT2D eigenvalue weighted by Crippen LogP contribution is -2.49. The van der Waals surface area contributed by atoms with E-state index in [0.717, 1.165) is 32.7 Å². The van der Waals surface area contributed by atoms with Crippen LogP contribution in [-0.4, -0.2) is 42.8 Å². The molecule has 0 radical (unpaired) electrons. The molecule has 1 atom stereocenters. The van der Waals surface area contributed by atoms with Gasteiger partial charge in [-0.15, -0.1) is 0 Å². The highest BCUT2D eigenvalue weighted by atomic mass is 16.5. The van der Waals surface area contributed by atoms with Gasteiger partial charge in [-0.3, -0.25) is 4.90 Å². The Hall–Kier alpha value is -0.120. The zero-order chi connectivity index (χ0) is 10.7. The van der Waals surface area contributed by atoms with Gasteiger partial charge in [-0.05, 0) is 26.2 Å². The quantitative estimate of drug-likeness (QED) is 0.751. The van der Waals surface area contributed by atoms with E-state index < -0.39 is 0 Å². The Kier molecular flexibility index (Phi) is 3.65. The SMILES string of the molecule is CC1CN(CC2(N)CCCC2)CCCO1. The Morgan fingerprint density at radius 3 is 2.80 bits per heavy atom. The molecule has 2 aliphatic rings. The van der Waals surface area contributed by atoms with Crippen LogP contribution in [0.5, 0.6) is 0 Å². The van der Waals surface area contributed by atoms with E-state index in [0.29, 0.717) is 6.10 Å². The van der Waals surface area contributed by atoms with Crippen molar-refractivity contribution in [2.45, 2.75) is 50.7 Å². The van der Waals surface area contributed by atoms with Crippen molar-refractivity contribution in [3.63, 3.8) is 0 Å². The normalized spacial score (nSPS) is 32.8. The monoisotopic (exact) mass is 212 g/mol. The number of hydrogen-bond donors (Lipinski definition) is 1. The molecule has 1 saturated heterocycles. The van der Waals surface area contributed by atoms with E-state index in [1.54, 1.807) is 0 Å². The van der Waals surface area contributed by atoms with Crippen LogP contribution in [0.4, 0.5) is 0 Å². The molecule has 0 aromatic carbocycles. The topological polar surface area (TPSA) is 38.5 Å². The molecule has 0 amide bonds. The molecule has 1 aliphatic heterocycles. The largest absolute Gasteiger partial charge is 0.377 e. The maximum atomic E-state index is 6.40. The molecule has 1 unspecified atom stereocenters. The summed E-state index contributed by atoms with van der Waals surface area (Å²) in [6.45, 7) is 6.36. The van der Waals surface area contributed by atoms with Crippen LogP contribution in [-0.2, 0) is 4.74 Å². The predicted octanol–water partition coefficient (Wildman–Crippen LogP) is 1.37. The average molecular weight is 212 g/mol. The van der Waals surface area contributed by atoms with Crippen LogP contribution in [0.25, 0.3) is 0 Å². The zero-order valence-electron chi connectivity index (χ0n) is 9.87. The highest BCUT2D eigenvalue weighted by Crippen LogP contribution is 2.28. The summed E-state index contributed by atoms with van der Waals surface area (Å²) in [6, 6.07) is 0. The smallest absolute Gasteiger partial charge is 0.0673 e. The maximum absolute atomic E-state index is 6.40. The van der Waals surface area contributed by atoms with Gasteiger partial charge in [-0.1, -0.05) is 12.8 Å².